The van der Waals surface area contributed by atoms with Crippen molar-refractivity contribution in [2.45, 2.75) is 128 Å². The fourth-order valence-corrected chi connectivity index (χ4v) is 6.58. The van der Waals surface area contributed by atoms with E-state index in [0.717, 1.165) is 77.4 Å². The molecule has 2 aliphatic rings. The van der Waals surface area contributed by atoms with E-state index < -0.39 is 6.10 Å². The molecule has 0 aromatic heterocycles. The van der Waals surface area contributed by atoms with Gasteiger partial charge >= 0.3 is 11.9 Å². The standard InChI is InChI=1S/C29H55N3O6/c1-6-7-8-9-25(37-20(2)33)18-26(38-21(3)34)11-10-22-14-24(29(35)27(16-22)36-5)15-23-12-13-31-28(17-23)32-19-30-4/h22-32,35H,6-19H2,1-5H3/p+2/t22?,23?,24?,25-,26+,27?,28?,29?/m0/s1. The number of quaternary nitrogens is 2. The van der Waals surface area contributed by atoms with Gasteiger partial charge in [-0.05, 0) is 69.1 Å². The minimum absolute atomic E-state index is 0.160. The van der Waals surface area contributed by atoms with Gasteiger partial charge in [0.25, 0.3) is 0 Å². The number of nitrogens with two attached hydrogens (primary N) is 2. The number of unbranched alkanes of at least 4 members (excludes halogenated alkanes) is 2. The van der Waals surface area contributed by atoms with Gasteiger partial charge in [-0.1, -0.05) is 19.8 Å². The molecule has 1 saturated carbocycles. The number of aliphatic hydroxyl groups is 1. The number of carbonyl (C=O) groups excluding carboxylic acids is 2. The first-order chi connectivity index (χ1) is 18.2. The fraction of sp³-hybridized carbons (Fsp3) is 0.931. The first-order valence-corrected chi connectivity index (χ1v) is 15.1. The van der Waals surface area contributed by atoms with Gasteiger partial charge in [-0.15, -0.1) is 0 Å². The van der Waals surface area contributed by atoms with Crippen LogP contribution in [0.5, 0.6) is 0 Å². The van der Waals surface area contributed by atoms with E-state index in [2.05, 4.69) is 29.9 Å². The molecule has 38 heavy (non-hydrogen) atoms. The van der Waals surface area contributed by atoms with E-state index in [1.54, 1.807) is 7.11 Å². The lowest BCUT2D eigenvalue weighted by atomic mass is 9.71. The van der Waals surface area contributed by atoms with Gasteiger partial charge in [-0.3, -0.25) is 9.59 Å². The molecule has 6 N–H and O–H groups in total. The molecule has 8 atom stereocenters. The number of ether oxygens (including phenoxy) is 3. The van der Waals surface area contributed by atoms with Crippen molar-refractivity contribution in [3.63, 3.8) is 0 Å². The van der Waals surface area contributed by atoms with Crippen LogP contribution in [0.1, 0.15) is 97.8 Å². The Morgan fingerprint density at radius 3 is 2.39 bits per heavy atom. The Kier molecular flexibility index (Phi) is 15.7. The van der Waals surface area contributed by atoms with Crippen molar-refractivity contribution in [2.75, 3.05) is 27.4 Å². The maximum Gasteiger partial charge on any atom is 0.302 e. The number of carbonyl (C=O) groups is 2. The molecule has 0 amide bonds. The monoisotopic (exact) mass is 543 g/mol. The van der Waals surface area contributed by atoms with Crippen LogP contribution in [-0.2, 0) is 23.8 Å². The molecule has 1 aliphatic carbocycles. The van der Waals surface area contributed by atoms with E-state index in [-0.39, 0.29) is 36.2 Å². The predicted octanol–water partition coefficient (Wildman–Crippen LogP) is 1.43. The molecule has 6 unspecified atom stereocenters. The Morgan fingerprint density at radius 1 is 1.05 bits per heavy atom. The van der Waals surface area contributed by atoms with E-state index in [4.69, 9.17) is 14.2 Å². The molecule has 0 aromatic rings. The van der Waals surface area contributed by atoms with Gasteiger partial charge in [-0.25, -0.2) is 5.32 Å². The van der Waals surface area contributed by atoms with Gasteiger partial charge < -0.3 is 30.0 Å². The molecule has 0 spiro atoms. The average molecular weight is 544 g/mol. The zero-order valence-electron chi connectivity index (χ0n) is 24.7. The average Bonchev–Trinajstić information content (AvgIpc) is 2.87. The lowest BCUT2D eigenvalue weighted by Gasteiger charge is -2.41. The SMILES string of the molecule is CCCCC[C@@H](C[C@@H](CCC1CC(CC2CC[NH2+]C(NC[NH2+]C)C2)C(O)C(OC)C1)OC(C)=O)OC(C)=O. The van der Waals surface area contributed by atoms with Gasteiger partial charge in [0.05, 0.1) is 25.8 Å². The minimum atomic E-state index is -0.436. The Balaban J connectivity index is 1.97. The first-order valence-electron chi connectivity index (χ1n) is 15.1. The zero-order chi connectivity index (χ0) is 27.9. The summed E-state index contributed by atoms with van der Waals surface area (Å²) in [6.45, 7) is 7.08. The summed E-state index contributed by atoms with van der Waals surface area (Å²) in [5.74, 6) is 0.639. The normalized spacial score (nSPS) is 29.4. The molecule has 0 radical (unpaired) electrons. The third-order valence-corrected chi connectivity index (χ3v) is 8.42. The molecule has 1 saturated heterocycles. The van der Waals surface area contributed by atoms with Crippen molar-refractivity contribution in [2.24, 2.45) is 17.8 Å². The number of hydrogen-bond acceptors (Lipinski definition) is 7. The molecule has 1 heterocycles. The maximum absolute atomic E-state index is 11.9. The Labute approximate surface area is 230 Å². The molecule has 0 bridgehead atoms. The molecular formula is C29H57N3O6+2. The molecule has 0 aromatic carbocycles. The van der Waals surface area contributed by atoms with Gasteiger partial charge in [0.2, 0.25) is 0 Å². The summed E-state index contributed by atoms with van der Waals surface area (Å²) >= 11 is 0. The summed E-state index contributed by atoms with van der Waals surface area (Å²) < 4.78 is 17.0. The topological polar surface area (TPSA) is 127 Å². The number of aliphatic hydroxyl groups excluding tert-OH is 1. The van der Waals surface area contributed by atoms with Crippen LogP contribution < -0.4 is 16.0 Å². The lowest BCUT2D eigenvalue weighted by Crippen LogP contribution is -2.97. The number of nitrogens with one attached hydrogen (secondary N) is 1. The summed E-state index contributed by atoms with van der Waals surface area (Å²) in [7, 11) is 3.78. The molecule has 9 nitrogen and oxygen atoms in total. The van der Waals surface area contributed by atoms with E-state index in [9.17, 15) is 14.7 Å². The predicted molar refractivity (Wildman–Crippen MR) is 146 cm³/mol. The summed E-state index contributed by atoms with van der Waals surface area (Å²) in [6, 6.07) is 0. The van der Waals surface area contributed by atoms with Crippen molar-refractivity contribution in [3.8, 4) is 0 Å². The minimum Gasteiger partial charge on any atom is -0.462 e. The van der Waals surface area contributed by atoms with Gasteiger partial charge in [0.1, 0.15) is 25.0 Å². The highest BCUT2D eigenvalue weighted by atomic mass is 16.6. The molecule has 222 valence electrons. The summed E-state index contributed by atoms with van der Waals surface area (Å²) in [4.78, 5) is 23.6. The third kappa shape index (κ3) is 12.3. The Bertz CT molecular complexity index is 681. The molecular weight excluding hydrogens is 486 g/mol. The van der Waals surface area contributed by atoms with Crippen LogP contribution in [0.15, 0.2) is 0 Å². The summed E-state index contributed by atoms with van der Waals surface area (Å²) in [5.41, 5.74) is 0. The van der Waals surface area contributed by atoms with Crippen LogP contribution in [0.4, 0.5) is 0 Å². The second-order valence-electron chi connectivity index (χ2n) is 11.7. The largest absolute Gasteiger partial charge is 0.462 e. The van der Waals surface area contributed by atoms with E-state index in [1.165, 1.54) is 20.3 Å². The number of rotatable bonds is 17. The summed E-state index contributed by atoms with van der Waals surface area (Å²) in [6.07, 6.45) is 10.6. The van der Waals surface area contributed by atoms with E-state index >= 15 is 0 Å². The highest BCUT2D eigenvalue weighted by Crippen LogP contribution is 2.39. The first kappa shape index (κ1) is 32.9. The number of esters is 2. The van der Waals surface area contributed by atoms with Crippen molar-refractivity contribution in [3.05, 3.63) is 0 Å². The number of piperidine rings is 1. The van der Waals surface area contributed by atoms with Crippen LogP contribution in [0.25, 0.3) is 0 Å². The van der Waals surface area contributed by atoms with Crippen molar-refractivity contribution in [1.82, 2.24) is 5.32 Å². The second-order valence-corrected chi connectivity index (χ2v) is 11.7. The molecule has 2 rings (SSSR count). The fourth-order valence-electron chi connectivity index (χ4n) is 6.58. The van der Waals surface area contributed by atoms with E-state index in [1.807, 2.05) is 0 Å². The van der Waals surface area contributed by atoms with Crippen LogP contribution in [-0.4, -0.2) is 75.0 Å². The van der Waals surface area contributed by atoms with Crippen LogP contribution in [0.3, 0.4) is 0 Å². The highest BCUT2D eigenvalue weighted by molar-refractivity contribution is 5.66. The van der Waals surface area contributed by atoms with Crippen molar-refractivity contribution >= 4 is 11.9 Å². The van der Waals surface area contributed by atoms with Crippen molar-refractivity contribution in [1.29, 1.82) is 0 Å². The van der Waals surface area contributed by atoms with Gasteiger partial charge in [0.15, 0.2) is 0 Å². The van der Waals surface area contributed by atoms with Crippen LogP contribution >= 0.6 is 0 Å². The molecule has 1 aliphatic heterocycles. The van der Waals surface area contributed by atoms with Gasteiger partial charge in [-0.2, -0.15) is 0 Å². The van der Waals surface area contributed by atoms with E-state index in [0.29, 0.717) is 24.4 Å². The highest BCUT2D eigenvalue weighted by Gasteiger charge is 2.39. The molecule has 2 fully saturated rings. The summed E-state index contributed by atoms with van der Waals surface area (Å²) in [5, 5.41) is 19.3. The van der Waals surface area contributed by atoms with Gasteiger partial charge in [0, 0.05) is 33.8 Å². The molecule has 9 heteroatoms. The third-order valence-electron chi connectivity index (χ3n) is 8.42. The van der Waals surface area contributed by atoms with Crippen LogP contribution in [0, 0.1) is 17.8 Å². The lowest BCUT2D eigenvalue weighted by molar-refractivity contribution is -0.716. The maximum atomic E-state index is 11.9. The Hall–Kier alpha value is -1.26. The Morgan fingerprint density at radius 2 is 1.76 bits per heavy atom. The number of hydrogen-bond donors (Lipinski definition) is 4. The zero-order valence-corrected chi connectivity index (χ0v) is 24.7. The smallest absolute Gasteiger partial charge is 0.302 e. The number of methoxy groups -OCH3 is 1. The van der Waals surface area contributed by atoms with Crippen LogP contribution in [0.2, 0.25) is 0 Å². The van der Waals surface area contributed by atoms with Crippen molar-refractivity contribution < 1.29 is 39.5 Å². The second kappa shape index (κ2) is 18.2. The quantitative estimate of drug-likeness (QED) is 0.124.